The van der Waals surface area contributed by atoms with E-state index in [1.54, 1.807) is 6.07 Å². The molecule has 0 fully saturated rings. The van der Waals surface area contributed by atoms with E-state index in [0.29, 0.717) is 12.3 Å². The van der Waals surface area contributed by atoms with E-state index < -0.39 is 24.6 Å². The number of sulfonamides is 1. The van der Waals surface area contributed by atoms with Gasteiger partial charge in [-0.1, -0.05) is 6.92 Å². The van der Waals surface area contributed by atoms with Crippen molar-refractivity contribution < 1.29 is 21.3 Å². The predicted octanol–water partition coefficient (Wildman–Crippen LogP) is 0.491. The van der Waals surface area contributed by atoms with Crippen molar-refractivity contribution >= 4 is 19.9 Å². The van der Waals surface area contributed by atoms with Gasteiger partial charge in [0.25, 0.3) is 10.0 Å². The SMILES string of the molecule is CCNCc1ccc(S(=O)(=O)NCC(C)(C)S(C)(=O)=O)o1. The lowest BCUT2D eigenvalue weighted by atomic mass is 10.2. The van der Waals surface area contributed by atoms with Gasteiger partial charge < -0.3 is 9.73 Å². The Morgan fingerprint density at radius 1 is 1.19 bits per heavy atom. The molecule has 0 aromatic carbocycles. The zero-order valence-electron chi connectivity index (χ0n) is 12.6. The number of furan rings is 1. The summed E-state index contributed by atoms with van der Waals surface area (Å²) in [5.41, 5.74) is 0. The van der Waals surface area contributed by atoms with Crippen molar-refractivity contribution in [1.82, 2.24) is 10.0 Å². The molecule has 0 bridgehead atoms. The van der Waals surface area contributed by atoms with E-state index >= 15 is 0 Å². The molecule has 21 heavy (non-hydrogen) atoms. The van der Waals surface area contributed by atoms with Crippen molar-refractivity contribution in [2.75, 3.05) is 19.3 Å². The molecule has 0 aliphatic rings. The monoisotopic (exact) mass is 338 g/mol. The fraction of sp³-hybridized carbons (Fsp3) is 0.667. The van der Waals surface area contributed by atoms with Gasteiger partial charge in [-0.25, -0.2) is 21.6 Å². The Morgan fingerprint density at radius 3 is 2.33 bits per heavy atom. The number of hydrogen-bond acceptors (Lipinski definition) is 6. The summed E-state index contributed by atoms with van der Waals surface area (Å²) < 4.78 is 53.6. The summed E-state index contributed by atoms with van der Waals surface area (Å²) in [5.74, 6) is 0.500. The molecule has 0 saturated carbocycles. The summed E-state index contributed by atoms with van der Waals surface area (Å²) in [6, 6.07) is 2.92. The maximum Gasteiger partial charge on any atom is 0.274 e. The van der Waals surface area contributed by atoms with Crippen LogP contribution in [0.15, 0.2) is 21.6 Å². The van der Waals surface area contributed by atoms with Gasteiger partial charge in [-0.05, 0) is 32.5 Å². The second kappa shape index (κ2) is 6.47. The summed E-state index contributed by atoms with van der Waals surface area (Å²) in [5, 5.41) is 2.79. The van der Waals surface area contributed by atoms with Crippen LogP contribution >= 0.6 is 0 Å². The largest absolute Gasteiger partial charge is 0.447 e. The molecule has 7 nitrogen and oxygen atoms in total. The highest BCUT2D eigenvalue weighted by atomic mass is 32.2. The predicted molar refractivity (Wildman–Crippen MR) is 80.2 cm³/mol. The van der Waals surface area contributed by atoms with Crippen LogP contribution in [0, 0.1) is 0 Å². The number of rotatable bonds is 8. The minimum absolute atomic E-state index is 0.222. The minimum Gasteiger partial charge on any atom is -0.447 e. The van der Waals surface area contributed by atoms with E-state index in [1.165, 1.54) is 19.9 Å². The fourth-order valence-electron chi connectivity index (χ4n) is 1.32. The molecular formula is C12H22N2O5S2. The van der Waals surface area contributed by atoms with Crippen molar-refractivity contribution in [2.24, 2.45) is 0 Å². The Bertz CT molecular complexity index is 674. The summed E-state index contributed by atoms with van der Waals surface area (Å²) in [7, 11) is -7.25. The van der Waals surface area contributed by atoms with Gasteiger partial charge in [0.15, 0.2) is 9.84 Å². The molecule has 0 unspecified atom stereocenters. The standard InChI is InChI=1S/C12H22N2O5S2/c1-5-13-8-10-6-7-11(19-10)21(17,18)14-9-12(2,3)20(4,15)16/h6-7,13-14H,5,8-9H2,1-4H3. The van der Waals surface area contributed by atoms with Crippen LogP contribution in [0.3, 0.4) is 0 Å². The maximum absolute atomic E-state index is 12.1. The average Bonchev–Trinajstić information content (AvgIpc) is 2.82. The molecule has 0 aliphatic carbocycles. The highest BCUT2D eigenvalue weighted by Crippen LogP contribution is 2.17. The molecule has 1 rings (SSSR count). The molecule has 2 N–H and O–H groups in total. The van der Waals surface area contributed by atoms with Crippen LogP contribution in [-0.2, 0) is 26.4 Å². The second-order valence-corrected chi connectivity index (χ2v) is 9.70. The summed E-state index contributed by atoms with van der Waals surface area (Å²) in [4.78, 5) is 0. The van der Waals surface area contributed by atoms with Gasteiger partial charge in [0.05, 0.1) is 11.3 Å². The van der Waals surface area contributed by atoms with Gasteiger partial charge in [0.2, 0.25) is 5.09 Å². The lowest BCUT2D eigenvalue weighted by Crippen LogP contribution is -2.43. The smallest absolute Gasteiger partial charge is 0.274 e. The summed E-state index contributed by atoms with van der Waals surface area (Å²) >= 11 is 0. The van der Waals surface area contributed by atoms with Crippen molar-refractivity contribution in [1.29, 1.82) is 0 Å². The van der Waals surface area contributed by atoms with Crippen LogP contribution in [0.4, 0.5) is 0 Å². The summed E-state index contributed by atoms with van der Waals surface area (Å²) in [6.45, 7) is 5.80. The zero-order chi connectivity index (χ0) is 16.3. The lowest BCUT2D eigenvalue weighted by molar-refractivity contribution is 0.400. The first kappa shape index (κ1) is 18.1. The fourth-order valence-corrected chi connectivity index (χ4v) is 2.90. The first-order valence-electron chi connectivity index (χ1n) is 6.48. The average molecular weight is 338 g/mol. The molecular weight excluding hydrogens is 316 g/mol. The van der Waals surface area contributed by atoms with E-state index in [0.717, 1.165) is 12.8 Å². The Labute approximate surface area is 126 Å². The van der Waals surface area contributed by atoms with E-state index in [-0.39, 0.29) is 11.6 Å². The Kier molecular flexibility index (Phi) is 5.59. The van der Waals surface area contributed by atoms with Crippen LogP contribution in [0.1, 0.15) is 26.5 Å². The van der Waals surface area contributed by atoms with Crippen molar-refractivity contribution in [3.05, 3.63) is 17.9 Å². The molecule has 0 atom stereocenters. The van der Waals surface area contributed by atoms with Gasteiger partial charge >= 0.3 is 0 Å². The number of hydrogen-bond donors (Lipinski definition) is 2. The van der Waals surface area contributed by atoms with Crippen LogP contribution in [0.25, 0.3) is 0 Å². The molecule has 9 heteroatoms. The van der Waals surface area contributed by atoms with Gasteiger partial charge in [-0.15, -0.1) is 0 Å². The van der Waals surface area contributed by atoms with Crippen LogP contribution in [0.2, 0.25) is 0 Å². The first-order chi connectivity index (χ1) is 9.49. The van der Waals surface area contributed by atoms with Gasteiger partial charge in [0, 0.05) is 12.8 Å². The van der Waals surface area contributed by atoms with Gasteiger partial charge in [-0.3, -0.25) is 0 Å². The zero-order valence-corrected chi connectivity index (χ0v) is 14.3. The third-order valence-corrected chi connectivity index (χ3v) is 6.57. The molecule has 0 amide bonds. The molecule has 0 spiro atoms. The van der Waals surface area contributed by atoms with Gasteiger partial charge in [-0.2, -0.15) is 0 Å². The van der Waals surface area contributed by atoms with Crippen LogP contribution in [-0.4, -0.2) is 40.9 Å². The Balaban J connectivity index is 2.81. The molecule has 1 aromatic heterocycles. The molecule has 0 radical (unpaired) electrons. The number of nitrogens with one attached hydrogen (secondary N) is 2. The van der Waals surface area contributed by atoms with Crippen molar-refractivity contribution in [2.45, 2.75) is 37.2 Å². The van der Waals surface area contributed by atoms with Crippen molar-refractivity contribution in [3.8, 4) is 0 Å². The Hall–Kier alpha value is -0.900. The van der Waals surface area contributed by atoms with E-state index in [4.69, 9.17) is 4.42 Å². The molecule has 1 heterocycles. The quantitative estimate of drug-likeness (QED) is 0.715. The molecule has 122 valence electrons. The van der Waals surface area contributed by atoms with Gasteiger partial charge in [0.1, 0.15) is 5.76 Å². The van der Waals surface area contributed by atoms with E-state index in [2.05, 4.69) is 10.0 Å². The highest BCUT2D eigenvalue weighted by Gasteiger charge is 2.32. The molecule has 1 aromatic rings. The van der Waals surface area contributed by atoms with E-state index in [9.17, 15) is 16.8 Å². The van der Waals surface area contributed by atoms with Crippen molar-refractivity contribution in [3.63, 3.8) is 0 Å². The topological polar surface area (TPSA) is 105 Å². The number of sulfone groups is 1. The first-order valence-corrected chi connectivity index (χ1v) is 9.86. The minimum atomic E-state index is -3.87. The van der Waals surface area contributed by atoms with E-state index in [1.807, 2.05) is 6.92 Å². The maximum atomic E-state index is 12.1. The second-order valence-electron chi connectivity index (χ2n) is 5.36. The Morgan fingerprint density at radius 2 is 1.81 bits per heavy atom. The van der Waals surface area contributed by atoms with Crippen LogP contribution < -0.4 is 10.0 Å². The third-order valence-electron chi connectivity index (χ3n) is 3.14. The lowest BCUT2D eigenvalue weighted by Gasteiger charge is -2.22. The molecule has 0 saturated heterocycles. The highest BCUT2D eigenvalue weighted by molar-refractivity contribution is 7.92. The third kappa shape index (κ3) is 4.80. The normalized spacial score (nSPS) is 13.5. The summed E-state index contributed by atoms with van der Waals surface area (Å²) in [6.07, 6.45) is 1.07. The molecule has 0 aliphatic heterocycles. The van der Waals surface area contributed by atoms with Crippen LogP contribution in [0.5, 0.6) is 0 Å².